The smallest absolute Gasteiger partial charge is 0.388 e. The van der Waals surface area contributed by atoms with E-state index in [1.165, 1.54) is 18.3 Å². The first-order valence-corrected chi connectivity index (χ1v) is 7.20. The molecular weight excluding hydrogens is 344 g/mol. The van der Waals surface area contributed by atoms with E-state index < -0.39 is 25.3 Å². The molecule has 0 radical (unpaired) electrons. The molecule has 1 aromatic carbocycles. The monoisotopic (exact) mass is 357 g/mol. The summed E-state index contributed by atoms with van der Waals surface area (Å²) in [5.41, 5.74) is 0.831. The zero-order valence-corrected chi connectivity index (χ0v) is 13.0. The number of hydrogen-bond donors (Lipinski definition) is 3. The molecule has 0 bridgehead atoms. The fraction of sp³-hybridized carbons (Fsp3) is 0.200. The standard InChI is InChI=1S/C15H14ClF2N3O3/c16-10-2-1-3-11(7-10)20-15(23)21-12(8-22)9-4-5-19-13(6-9)24-14(17)18/h1-7,12,14,22H,8H2,(H2,20,21,23). The quantitative estimate of drug-likeness (QED) is 0.741. The zero-order valence-electron chi connectivity index (χ0n) is 12.2. The molecule has 0 aliphatic heterocycles. The summed E-state index contributed by atoms with van der Waals surface area (Å²) < 4.78 is 28.6. The molecule has 0 saturated carbocycles. The number of aliphatic hydroxyl groups is 1. The van der Waals surface area contributed by atoms with Crippen molar-refractivity contribution in [2.24, 2.45) is 0 Å². The minimum absolute atomic E-state index is 0.307. The third-order valence-electron chi connectivity index (χ3n) is 2.94. The predicted octanol–water partition coefficient (Wildman–Crippen LogP) is 3.19. The number of ether oxygens (including phenoxy) is 1. The van der Waals surface area contributed by atoms with Crippen LogP contribution in [0.1, 0.15) is 11.6 Å². The van der Waals surface area contributed by atoms with Gasteiger partial charge in [0.2, 0.25) is 5.88 Å². The van der Waals surface area contributed by atoms with Crippen LogP contribution in [0.2, 0.25) is 5.02 Å². The van der Waals surface area contributed by atoms with E-state index in [1.54, 1.807) is 24.3 Å². The highest BCUT2D eigenvalue weighted by molar-refractivity contribution is 6.30. The molecule has 0 spiro atoms. The number of benzene rings is 1. The number of anilines is 1. The van der Waals surface area contributed by atoms with Crippen LogP contribution in [0, 0.1) is 0 Å². The number of urea groups is 1. The first kappa shape index (κ1) is 17.9. The molecule has 0 aliphatic carbocycles. The zero-order chi connectivity index (χ0) is 17.5. The van der Waals surface area contributed by atoms with Crippen molar-refractivity contribution in [2.45, 2.75) is 12.7 Å². The number of pyridine rings is 1. The van der Waals surface area contributed by atoms with Crippen LogP contribution in [0.5, 0.6) is 5.88 Å². The largest absolute Gasteiger partial charge is 0.417 e. The van der Waals surface area contributed by atoms with Gasteiger partial charge in [-0.2, -0.15) is 8.78 Å². The molecule has 0 saturated heterocycles. The Morgan fingerprint density at radius 3 is 2.79 bits per heavy atom. The predicted molar refractivity (Wildman–Crippen MR) is 84.3 cm³/mol. The molecule has 1 heterocycles. The lowest BCUT2D eigenvalue weighted by Gasteiger charge is -2.18. The molecule has 1 aromatic heterocycles. The van der Waals surface area contributed by atoms with E-state index in [2.05, 4.69) is 20.4 Å². The molecule has 2 amide bonds. The Bertz CT molecular complexity index is 703. The van der Waals surface area contributed by atoms with Gasteiger partial charge in [0.15, 0.2) is 0 Å². The van der Waals surface area contributed by atoms with Crippen molar-refractivity contribution in [2.75, 3.05) is 11.9 Å². The van der Waals surface area contributed by atoms with Gasteiger partial charge >= 0.3 is 12.6 Å². The van der Waals surface area contributed by atoms with Crippen molar-refractivity contribution in [3.05, 3.63) is 53.2 Å². The van der Waals surface area contributed by atoms with E-state index in [0.717, 1.165) is 0 Å². The topological polar surface area (TPSA) is 83.5 Å². The number of hydrogen-bond acceptors (Lipinski definition) is 4. The number of amides is 2. The second kappa shape index (κ2) is 8.42. The van der Waals surface area contributed by atoms with Crippen molar-refractivity contribution >= 4 is 23.3 Å². The summed E-state index contributed by atoms with van der Waals surface area (Å²) in [7, 11) is 0. The van der Waals surface area contributed by atoms with E-state index >= 15 is 0 Å². The third kappa shape index (κ3) is 5.32. The lowest BCUT2D eigenvalue weighted by atomic mass is 10.1. The van der Waals surface area contributed by atoms with Gasteiger partial charge in [0, 0.05) is 23.0 Å². The van der Waals surface area contributed by atoms with Crippen LogP contribution in [-0.2, 0) is 0 Å². The van der Waals surface area contributed by atoms with Crippen LogP contribution in [-0.4, -0.2) is 29.3 Å². The van der Waals surface area contributed by atoms with Gasteiger partial charge in [-0.3, -0.25) is 0 Å². The van der Waals surface area contributed by atoms with Crippen molar-refractivity contribution in [1.29, 1.82) is 0 Å². The van der Waals surface area contributed by atoms with E-state index in [-0.39, 0.29) is 5.88 Å². The second-order valence-electron chi connectivity index (χ2n) is 4.65. The van der Waals surface area contributed by atoms with Crippen LogP contribution in [0.3, 0.4) is 0 Å². The molecule has 2 rings (SSSR count). The summed E-state index contributed by atoms with van der Waals surface area (Å²) in [6, 6.07) is 7.78. The van der Waals surface area contributed by atoms with Gasteiger partial charge in [-0.25, -0.2) is 9.78 Å². The average Bonchev–Trinajstić information content (AvgIpc) is 2.52. The summed E-state index contributed by atoms with van der Waals surface area (Å²) >= 11 is 5.82. The van der Waals surface area contributed by atoms with Gasteiger partial charge in [-0.1, -0.05) is 17.7 Å². The van der Waals surface area contributed by atoms with E-state index in [1.807, 2.05) is 0 Å². The maximum absolute atomic E-state index is 12.2. The van der Waals surface area contributed by atoms with Gasteiger partial charge in [-0.15, -0.1) is 0 Å². The first-order valence-electron chi connectivity index (χ1n) is 6.82. The van der Waals surface area contributed by atoms with Gasteiger partial charge < -0.3 is 20.5 Å². The van der Waals surface area contributed by atoms with Crippen LogP contribution >= 0.6 is 11.6 Å². The molecule has 128 valence electrons. The molecule has 24 heavy (non-hydrogen) atoms. The number of nitrogens with zero attached hydrogens (tertiary/aromatic N) is 1. The Morgan fingerprint density at radius 2 is 2.12 bits per heavy atom. The first-order chi connectivity index (χ1) is 11.5. The molecule has 1 unspecified atom stereocenters. The fourth-order valence-electron chi connectivity index (χ4n) is 1.92. The lowest BCUT2D eigenvalue weighted by molar-refractivity contribution is -0.0529. The second-order valence-corrected chi connectivity index (χ2v) is 5.09. The van der Waals surface area contributed by atoms with Crippen LogP contribution in [0.25, 0.3) is 0 Å². The summed E-state index contributed by atoms with van der Waals surface area (Å²) in [5.74, 6) is -0.307. The Balaban J connectivity index is 2.04. The number of halogens is 3. The molecule has 0 fully saturated rings. The van der Waals surface area contributed by atoms with E-state index in [4.69, 9.17) is 11.6 Å². The van der Waals surface area contributed by atoms with Crippen molar-refractivity contribution in [3.8, 4) is 5.88 Å². The molecule has 1 atom stereocenters. The Hall–Kier alpha value is -2.45. The SMILES string of the molecule is O=C(Nc1cccc(Cl)c1)NC(CO)c1ccnc(OC(F)F)c1. The molecule has 3 N–H and O–H groups in total. The van der Waals surface area contributed by atoms with E-state index in [0.29, 0.717) is 16.3 Å². The van der Waals surface area contributed by atoms with Crippen molar-refractivity contribution in [1.82, 2.24) is 10.3 Å². The minimum Gasteiger partial charge on any atom is -0.417 e. The average molecular weight is 358 g/mol. The summed E-state index contributed by atoms with van der Waals surface area (Å²) in [6.07, 6.45) is 1.24. The number of aliphatic hydroxyl groups excluding tert-OH is 1. The number of nitrogens with one attached hydrogen (secondary N) is 2. The van der Waals surface area contributed by atoms with E-state index in [9.17, 15) is 18.7 Å². The van der Waals surface area contributed by atoms with Gasteiger partial charge in [0.1, 0.15) is 0 Å². The highest BCUT2D eigenvalue weighted by Crippen LogP contribution is 2.19. The molecule has 9 heteroatoms. The number of aromatic nitrogens is 1. The Morgan fingerprint density at radius 1 is 1.33 bits per heavy atom. The van der Waals surface area contributed by atoms with Crippen LogP contribution < -0.4 is 15.4 Å². The molecular formula is C15H14ClF2N3O3. The summed E-state index contributed by atoms with van der Waals surface area (Å²) in [4.78, 5) is 15.6. The minimum atomic E-state index is -3.01. The maximum Gasteiger partial charge on any atom is 0.388 e. The Kier molecular flexibility index (Phi) is 6.28. The molecule has 6 nitrogen and oxygen atoms in total. The highest BCUT2D eigenvalue weighted by Gasteiger charge is 2.16. The van der Waals surface area contributed by atoms with Crippen LogP contribution in [0.15, 0.2) is 42.6 Å². The highest BCUT2D eigenvalue weighted by atomic mass is 35.5. The van der Waals surface area contributed by atoms with Gasteiger partial charge in [-0.05, 0) is 29.8 Å². The fourth-order valence-corrected chi connectivity index (χ4v) is 2.11. The Labute approximate surface area is 141 Å². The van der Waals surface area contributed by atoms with Gasteiger partial charge in [0.05, 0.1) is 12.6 Å². The van der Waals surface area contributed by atoms with Crippen molar-refractivity contribution < 1.29 is 23.4 Å². The lowest BCUT2D eigenvalue weighted by Crippen LogP contribution is -2.34. The number of alkyl halides is 2. The van der Waals surface area contributed by atoms with Crippen molar-refractivity contribution in [3.63, 3.8) is 0 Å². The number of rotatable bonds is 6. The normalized spacial score (nSPS) is 11.9. The maximum atomic E-state index is 12.2. The molecule has 2 aromatic rings. The number of carbonyl (C=O) groups is 1. The molecule has 0 aliphatic rings. The third-order valence-corrected chi connectivity index (χ3v) is 3.18. The summed E-state index contributed by atoms with van der Waals surface area (Å²) in [5, 5.41) is 15.0. The number of carbonyl (C=O) groups excluding carboxylic acids is 1. The summed E-state index contributed by atoms with van der Waals surface area (Å²) in [6.45, 7) is -3.46. The van der Waals surface area contributed by atoms with Gasteiger partial charge in [0.25, 0.3) is 0 Å². The van der Waals surface area contributed by atoms with Crippen LogP contribution in [0.4, 0.5) is 19.3 Å².